The van der Waals surface area contributed by atoms with Crippen LogP contribution in [-0.4, -0.2) is 30.4 Å². The molecular weight excluding hydrogens is 257 g/mol. The number of halogens is 1. The van der Waals surface area contributed by atoms with E-state index in [1.165, 1.54) is 19.6 Å². The SMILES string of the molecule is COc1ccc(CN2CCCCC2CC(C)=O)cc1F. The molecule has 0 bridgehead atoms. The van der Waals surface area contributed by atoms with E-state index >= 15 is 0 Å². The summed E-state index contributed by atoms with van der Waals surface area (Å²) in [6.07, 6.45) is 3.97. The Kier molecular flexibility index (Phi) is 5.12. The maximum Gasteiger partial charge on any atom is 0.165 e. The number of likely N-dealkylation sites (tertiary alicyclic amines) is 1. The van der Waals surface area contributed by atoms with E-state index < -0.39 is 0 Å². The predicted octanol–water partition coefficient (Wildman–Crippen LogP) is 3.17. The zero-order valence-corrected chi connectivity index (χ0v) is 12.2. The number of rotatable bonds is 5. The Morgan fingerprint density at radius 2 is 2.25 bits per heavy atom. The zero-order valence-electron chi connectivity index (χ0n) is 12.2. The predicted molar refractivity (Wildman–Crippen MR) is 76.3 cm³/mol. The summed E-state index contributed by atoms with van der Waals surface area (Å²) in [5, 5.41) is 0. The van der Waals surface area contributed by atoms with Crippen molar-refractivity contribution in [1.29, 1.82) is 0 Å². The van der Waals surface area contributed by atoms with Gasteiger partial charge in [-0.15, -0.1) is 0 Å². The highest BCUT2D eigenvalue weighted by Crippen LogP contribution is 2.24. The van der Waals surface area contributed by atoms with E-state index in [-0.39, 0.29) is 17.3 Å². The van der Waals surface area contributed by atoms with Crippen LogP contribution < -0.4 is 4.74 Å². The molecule has 0 saturated carbocycles. The smallest absolute Gasteiger partial charge is 0.165 e. The van der Waals surface area contributed by atoms with Gasteiger partial charge in [-0.2, -0.15) is 0 Å². The quantitative estimate of drug-likeness (QED) is 0.829. The second-order valence-electron chi connectivity index (χ2n) is 5.50. The third kappa shape index (κ3) is 3.79. The number of nitrogens with zero attached hydrogens (tertiary/aromatic N) is 1. The fourth-order valence-corrected chi connectivity index (χ4v) is 2.87. The Bertz CT molecular complexity index is 476. The van der Waals surface area contributed by atoms with E-state index in [4.69, 9.17) is 4.74 Å². The summed E-state index contributed by atoms with van der Waals surface area (Å²) in [6, 6.07) is 5.38. The first-order valence-corrected chi connectivity index (χ1v) is 7.16. The molecule has 0 aliphatic carbocycles. The van der Waals surface area contributed by atoms with Crippen LogP contribution in [0.25, 0.3) is 0 Å². The molecule has 0 spiro atoms. The summed E-state index contributed by atoms with van der Waals surface area (Å²) in [6.45, 7) is 3.31. The first-order chi connectivity index (χ1) is 9.60. The highest BCUT2D eigenvalue weighted by atomic mass is 19.1. The molecule has 110 valence electrons. The van der Waals surface area contributed by atoms with Crippen LogP contribution in [0.5, 0.6) is 5.75 Å². The molecule has 3 nitrogen and oxygen atoms in total. The summed E-state index contributed by atoms with van der Waals surface area (Å²) in [5.74, 6) is 0.167. The lowest BCUT2D eigenvalue weighted by Gasteiger charge is -2.35. The van der Waals surface area contributed by atoms with Gasteiger partial charge in [0.15, 0.2) is 11.6 Å². The van der Waals surface area contributed by atoms with Gasteiger partial charge in [-0.3, -0.25) is 9.69 Å². The van der Waals surface area contributed by atoms with Crippen molar-refractivity contribution >= 4 is 5.78 Å². The van der Waals surface area contributed by atoms with Crippen molar-refractivity contribution < 1.29 is 13.9 Å². The van der Waals surface area contributed by atoms with Crippen molar-refractivity contribution in [1.82, 2.24) is 4.90 Å². The molecule has 1 heterocycles. The number of hydrogen-bond acceptors (Lipinski definition) is 3. The van der Waals surface area contributed by atoms with Crippen LogP contribution in [-0.2, 0) is 11.3 Å². The average Bonchev–Trinajstić information content (AvgIpc) is 2.41. The third-order valence-corrected chi connectivity index (χ3v) is 3.87. The van der Waals surface area contributed by atoms with Gasteiger partial charge in [-0.05, 0) is 44.0 Å². The third-order valence-electron chi connectivity index (χ3n) is 3.87. The van der Waals surface area contributed by atoms with Crippen LogP contribution in [0, 0.1) is 5.82 Å². The highest BCUT2D eigenvalue weighted by molar-refractivity contribution is 5.76. The number of carbonyl (C=O) groups is 1. The number of piperidine rings is 1. The second kappa shape index (κ2) is 6.84. The summed E-state index contributed by atoms with van der Waals surface area (Å²) < 4.78 is 18.6. The fourth-order valence-electron chi connectivity index (χ4n) is 2.87. The number of methoxy groups -OCH3 is 1. The number of carbonyl (C=O) groups excluding carboxylic acids is 1. The largest absolute Gasteiger partial charge is 0.494 e. The average molecular weight is 279 g/mol. The summed E-state index contributed by atoms with van der Waals surface area (Å²) in [7, 11) is 1.46. The molecule has 4 heteroatoms. The van der Waals surface area contributed by atoms with Crippen molar-refractivity contribution in [3.63, 3.8) is 0 Å². The molecule has 1 fully saturated rings. The number of Topliss-reactive ketones (excluding diaryl/α,β-unsaturated/α-hetero) is 1. The lowest BCUT2D eigenvalue weighted by Crippen LogP contribution is -2.40. The molecule has 0 amide bonds. The minimum Gasteiger partial charge on any atom is -0.494 e. The van der Waals surface area contributed by atoms with Crippen molar-refractivity contribution in [3.8, 4) is 5.75 Å². The number of benzene rings is 1. The van der Waals surface area contributed by atoms with Crippen LogP contribution in [0.15, 0.2) is 18.2 Å². The second-order valence-corrected chi connectivity index (χ2v) is 5.50. The van der Waals surface area contributed by atoms with Crippen LogP contribution in [0.2, 0.25) is 0 Å². The molecule has 1 unspecified atom stereocenters. The molecule has 1 aromatic rings. The maximum absolute atomic E-state index is 13.7. The van der Waals surface area contributed by atoms with E-state index in [1.54, 1.807) is 13.0 Å². The van der Waals surface area contributed by atoms with Crippen molar-refractivity contribution in [2.24, 2.45) is 0 Å². The van der Waals surface area contributed by atoms with Crippen LogP contribution in [0.3, 0.4) is 0 Å². The van der Waals surface area contributed by atoms with Crippen LogP contribution in [0.1, 0.15) is 38.2 Å². The molecule has 1 atom stereocenters. The Labute approximate surface area is 119 Å². The van der Waals surface area contributed by atoms with Gasteiger partial charge in [0.25, 0.3) is 0 Å². The van der Waals surface area contributed by atoms with Crippen molar-refractivity contribution in [3.05, 3.63) is 29.6 Å². The molecule has 1 saturated heterocycles. The lowest BCUT2D eigenvalue weighted by atomic mass is 9.97. The van der Waals surface area contributed by atoms with Crippen LogP contribution in [0.4, 0.5) is 4.39 Å². The monoisotopic (exact) mass is 279 g/mol. The Balaban J connectivity index is 2.06. The van der Waals surface area contributed by atoms with E-state index in [9.17, 15) is 9.18 Å². The first-order valence-electron chi connectivity index (χ1n) is 7.16. The molecule has 2 rings (SSSR count). The minimum absolute atomic E-state index is 0.225. The highest BCUT2D eigenvalue weighted by Gasteiger charge is 2.23. The summed E-state index contributed by atoms with van der Waals surface area (Å²) in [4.78, 5) is 13.6. The molecule has 1 aliphatic heterocycles. The standard InChI is InChI=1S/C16H22FNO2/c1-12(19)9-14-5-3-4-8-18(14)11-13-6-7-16(20-2)15(17)10-13/h6-7,10,14H,3-5,8-9,11H2,1-2H3. The van der Waals surface area contributed by atoms with Gasteiger partial charge in [0, 0.05) is 19.0 Å². The first kappa shape index (κ1) is 15.0. The molecule has 1 aliphatic rings. The number of ketones is 1. The van der Waals surface area contributed by atoms with Gasteiger partial charge < -0.3 is 4.74 Å². The maximum atomic E-state index is 13.7. The van der Waals surface area contributed by atoms with Gasteiger partial charge in [-0.25, -0.2) is 4.39 Å². The van der Waals surface area contributed by atoms with Gasteiger partial charge >= 0.3 is 0 Å². The van der Waals surface area contributed by atoms with Gasteiger partial charge in [0.1, 0.15) is 5.78 Å². The molecule has 20 heavy (non-hydrogen) atoms. The number of hydrogen-bond donors (Lipinski definition) is 0. The van der Waals surface area contributed by atoms with E-state index in [0.717, 1.165) is 24.9 Å². The molecule has 0 aromatic heterocycles. The Hall–Kier alpha value is -1.42. The summed E-state index contributed by atoms with van der Waals surface area (Å²) in [5.41, 5.74) is 0.929. The normalized spacial score (nSPS) is 19.9. The molecular formula is C16H22FNO2. The number of ether oxygens (including phenoxy) is 1. The molecule has 0 radical (unpaired) electrons. The van der Waals surface area contributed by atoms with Crippen molar-refractivity contribution in [2.45, 2.75) is 45.2 Å². The molecule has 0 N–H and O–H groups in total. The molecule has 1 aromatic carbocycles. The topological polar surface area (TPSA) is 29.5 Å². The summed E-state index contributed by atoms with van der Waals surface area (Å²) >= 11 is 0. The van der Waals surface area contributed by atoms with Gasteiger partial charge in [0.05, 0.1) is 7.11 Å². The lowest BCUT2D eigenvalue weighted by molar-refractivity contribution is -0.118. The van der Waals surface area contributed by atoms with Gasteiger partial charge in [0.2, 0.25) is 0 Å². The van der Waals surface area contributed by atoms with Crippen LogP contribution >= 0.6 is 0 Å². The van der Waals surface area contributed by atoms with E-state index in [2.05, 4.69) is 4.90 Å². The Morgan fingerprint density at radius 3 is 2.90 bits per heavy atom. The minimum atomic E-state index is -0.329. The van der Waals surface area contributed by atoms with Gasteiger partial charge in [-0.1, -0.05) is 12.5 Å². The Morgan fingerprint density at radius 1 is 1.45 bits per heavy atom. The fraction of sp³-hybridized carbons (Fsp3) is 0.562. The zero-order chi connectivity index (χ0) is 14.5. The van der Waals surface area contributed by atoms with E-state index in [0.29, 0.717) is 19.0 Å². The van der Waals surface area contributed by atoms with Crippen molar-refractivity contribution in [2.75, 3.05) is 13.7 Å². The van der Waals surface area contributed by atoms with E-state index in [1.807, 2.05) is 6.07 Å².